The van der Waals surface area contributed by atoms with Crippen LogP contribution >= 0.6 is 11.6 Å². The fraction of sp³-hybridized carbons (Fsp3) is 0.500. The fourth-order valence-electron chi connectivity index (χ4n) is 2.24. The molecule has 4 nitrogen and oxygen atoms in total. The second kappa shape index (κ2) is 6.26. The summed E-state index contributed by atoms with van der Waals surface area (Å²) in [6.07, 6.45) is 2.12. The van der Waals surface area contributed by atoms with Crippen molar-refractivity contribution in [3.63, 3.8) is 0 Å². The van der Waals surface area contributed by atoms with Gasteiger partial charge in [0, 0.05) is 24.7 Å². The zero-order valence-corrected chi connectivity index (χ0v) is 11.7. The Balaban J connectivity index is 2.12. The van der Waals surface area contributed by atoms with Crippen LogP contribution in [0, 0.1) is 0 Å². The van der Waals surface area contributed by atoms with E-state index in [-0.39, 0.29) is 23.3 Å². The Kier molecular flexibility index (Phi) is 4.66. The van der Waals surface area contributed by atoms with Crippen LogP contribution < -0.4 is 0 Å². The lowest BCUT2D eigenvalue weighted by molar-refractivity contribution is 0.0537. The van der Waals surface area contributed by atoms with Gasteiger partial charge < -0.3 is 14.7 Å². The van der Waals surface area contributed by atoms with Crippen LogP contribution in [0.15, 0.2) is 18.2 Å². The largest absolute Gasteiger partial charge is 0.507 e. The molecule has 19 heavy (non-hydrogen) atoms. The summed E-state index contributed by atoms with van der Waals surface area (Å²) in [7, 11) is 0. The molecule has 0 spiro atoms. The number of hydrogen-bond donors (Lipinski definition) is 1. The zero-order valence-electron chi connectivity index (χ0n) is 10.9. The number of carbonyl (C=O) groups is 1. The third kappa shape index (κ3) is 3.39. The average Bonchev–Trinajstić information content (AvgIpc) is 2.91. The van der Waals surface area contributed by atoms with Crippen molar-refractivity contribution in [1.29, 1.82) is 0 Å². The Morgan fingerprint density at radius 1 is 1.58 bits per heavy atom. The Hall–Kier alpha value is -1.26. The molecule has 5 heteroatoms. The van der Waals surface area contributed by atoms with Crippen LogP contribution in [0.4, 0.5) is 0 Å². The van der Waals surface area contributed by atoms with Crippen LogP contribution in [0.2, 0.25) is 5.02 Å². The highest BCUT2D eigenvalue weighted by Crippen LogP contribution is 2.23. The third-order valence-electron chi connectivity index (χ3n) is 3.31. The van der Waals surface area contributed by atoms with E-state index in [1.165, 1.54) is 12.1 Å². The number of likely N-dealkylation sites (N-methyl/N-ethyl adjacent to an activating group) is 1. The molecule has 1 atom stereocenters. The summed E-state index contributed by atoms with van der Waals surface area (Å²) in [5, 5.41) is 10.2. The van der Waals surface area contributed by atoms with Crippen LogP contribution in [0.5, 0.6) is 5.75 Å². The first-order valence-electron chi connectivity index (χ1n) is 6.51. The minimum absolute atomic E-state index is 0.0415. The lowest BCUT2D eigenvalue weighted by Crippen LogP contribution is -2.37. The zero-order chi connectivity index (χ0) is 13.8. The van der Waals surface area contributed by atoms with E-state index in [9.17, 15) is 9.90 Å². The molecule has 1 heterocycles. The molecule has 0 bridgehead atoms. The molecule has 1 N–H and O–H groups in total. The quantitative estimate of drug-likeness (QED) is 0.924. The minimum atomic E-state index is -0.210. The molecule has 1 aliphatic rings. The summed E-state index contributed by atoms with van der Waals surface area (Å²) in [6, 6.07) is 4.50. The molecule has 104 valence electrons. The lowest BCUT2D eigenvalue weighted by Gasteiger charge is -2.24. The van der Waals surface area contributed by atoms with Gasteiger partial charge >= 0.3 is 0 Å². The number of halogens is 1. The summed E-state index contributed by atoms with van der Waals surface area (Å²) in [5.74, 6) is -0.252. The lowest BCUT2D eigenvalue weighted by atomic mass is 10.1. The van der Waals surface area contributed by atoms with Gasteiger partial charge in [-0.05, 0) is 38.0 Å². The Labute approximate surface area is 117 Å². The number of ether oxygens (including phenoxy) is 1. The first-order chi connectivity index (χ1) is 9.11. The van der Waals surface area contributed by atoms with Crippen molar-refractivity contribution in [1.82, 2.24) is 4.90 Å². The van der Waals surface area contributed by atoms with E-state index in [2.05, 4.69) is 0 Å². The van der Waals surface area contributed by atoms with Gasteiger partial charge in [-0.25, -0.2) is 0 Å². The van der Waals surface area contributed by atoms with Crippen molar-refractivity contribution < 1.29 is 14.6 Å². The number of phenolic OH excluding ortho intramolecular Hbond substituents is 1. The van der Waals surface area contributed by atoms with Crippen LogP contribution in [0.1, 0.15) is 30.1 Å². The minimum Gasteiger partial charge on any atom is -0.507 e. The van der Waals surface area contributed by atoms with E-state index < -0.39 is 0 Å². The molecular weight excluding hydrogens is 266 g/mol. The molecule has 2 rings (SSSR count). The number of carbonyl (C=O) groups excluding carboxylic acids is 1. The van der Waals surface area contributed by atoms with Crippen LogP contribution in [-0.2, 0) is 4.74 Å². The highest BCUT2D eigenvalue weighted by atomic mass is 35.5. The predicted octanol–water partition coefficient (Wildman–Crippen LogP) is 2.69. The Morgan fingerprint density at radius 3 is 3.00 bits per heavy atom. The second-order valence-corrected chi connectivity index (χ2v) is 5.08. The summed E-state index contributed by atoms with van der Waals surface area (Å²) >= 11 is 5.87. The number of nitrogens with zero attached hydrogens (tertiary/aromatic N) is 1. The SMILES string of the molecule is CCN(CC1CCCO1)C(=O)c1cc(Cl)ccc1O. The summed E-state index contributed by atoms with van der Waals surface area (Å²) in [5.41, 5.74) is 0.243. The molecule has 0 saturated carbocycles. The van der Waals surface area contributed by atoms with Crippen LogP contribution in [0.3, 0.4) is 0 Å². The number of benzene rings is 1. The molecule has 1 aromatic rings. The summed E-state index contributed by atoms with van der Waals surface area (Å²) < 4.78 is 5.54. The van der Waals surface area contributed by atoms with Gasteiger partial charge in [0.1, 0.15) is 5.75 Å². The van der Waals surface area contributed by atoms with Crippen molar-refractivity contribution in [2.24, 2.45) is 0 Å². The van der Waals surface area contributed by atoms with Gasteiger partial charge in [-0.2, -0.15) is 0 Å². The maximum Gasteiger partial charge on any atom is 0.257 e. The van der Waals surface area contributed by atoms with Gasteiger partial charge in [-0.1, -0.05) is 11.6 Å². The van der Waals surface area contributed by atoms with Crippen molar-refractivity contribution in [2.45, 2.75) is 25.9 Å². The highest BCUT2D eigenvalue weighted by Gasteiger charge is 2.24. The highest BCUT2D eigenvalue weighted by molar-refractivity contribution is 6.31. The molecule has 1 aliphatic heterocycles. The third-order valence-corrected chi connectivity index (χ3v) is 3.54. The maximum atomic E-state index is 12.4. The monoisotopic (exact) mass is 283 g/mol. The topological polar surface area (TPSA) is 49.8 Å². The number of aromatic hydroxyl groups is 1. The van der Waals surface area contributed by atoms with E-state index in [4.69, 9.17) is 16.3 Å². The normalized spacial score (nSPS) is 18.5. The van der Waals surface area contributed by atoms with Gasteiger partial charge in [-0.3, -0.25) is 4.79 Å². The van der Waals surface area contributed by atoms with E-state index in [1.54, 1.807) is 11.0 Å². The standard InChI is InChI=1S/C14H18ClNO3/c1-2-16(9-11-4-3-7-19-11)14(18)12-8-10(15)5-6-13(12)17/h5-6,8,11,17H,2-4,7,9H2,1H3. The van der Waals surface area contributed by atoms with Crippen LogP contribution in [-0.4, -0.2) is 41.7 Å². The van der Waals surface area contributed by atoms with E-state index in [0.29, 0.717) is 18.1 Å². The second-order valence-electron chi connectivity index (χ2n) is 4.64. The van der Waals surface area contributed by atoms with E-state index in [1.807, 2.05) is 6.92 Å². The molecule has 0 aliphatic carbocycles. The van der Waals surface area contributed by atoms with E-state index in [0.717, 1.165) is 19.4 Å². The van der Waals surface area contributed by atoms with Crippen LogP contribution in [0.25, 0.3) is 0 Å². The fourth-order valence-corrected chi connectivity index (χ4v) is 2.41. The van der Waals surface area contributed by atoms with Gasteiger partial charge in [0.25, 0.3) is 5.91 Å². The Morgan fingerprint density at radius 2 is 2.37 bits per heavy atom. The summed E-state index contributed by atoms with van der Waals surface area (Å²) in [4.78, 5) is 14.1. The average molecular weight is 284 g/mol. The first kappa shape index (κ1) is 14.2. The molecule has 1 aromatic carbocycles. The maximum absolute atomic E-state index is 12.4. The molecule has 0 aromatic heterocycles. The van der Waals surface area contributed by atoms with E-state index >= 15 is 0 Å². The predicted molar refractivity (Wildman–Crippen MR) is 73.7 cm³/mol. The molecule has 1 saturated heterocycles. The number of amides is 1. The van der Waals surface area contributed by atoms with Crippen molar-refractivity contribution >= 4 is 17.5 Å². The van der Waals surface area contributed by atoms with Crippen molar-refractivity contribution in [3.8, 4) is 5.75 Å². The molecule has 1 fully saturated rings. The smallest absolute Gasteiger partial charge is 0.257 e. The number of hydrogen-bond acceptors (Lipinski definition) is 3. The van der Waals surface area contributed by atoms with Gasteiger partial charge in [0.2, 0.25) is 0 Å². The van der Waals surface area contributed by atoms with Crippen molar-refractivity contribution in [2.75, 3.05) is 19.7 Å². The van der Waals surface area contributed by atoms with Gasteiger partial charge in [-0.15, -0.1) is 0 Å². The Bertz CT molecular complexity index is 458. The molecule has 1 amide bonds. The number of phenols is 1. The molecule has 1 unspecified atom stereocenters. The van der Waals surface area contributed by atoms with Crippen molar-refractivity contribution in [3.05, 3.63) is 28.8 Å². The first-order valence-corrected chi connectivity index (χ1v) is 6.89. The molecular formula is C14H18ClNO3. The number of rotatable bonds is 4. The molecule has 0 radical (unpaired) electrons. The summed E-state index contributed by atoms with van der Waals surface area (Å²) in [6.45, 7) is 3.80. The van der Waals surface area contributed by atoms with Gasteiger partial charge in [0.15, 0.2) is 0 Å². The van der Waals surface area contributed by atoms with Gasteiger partial charge in [0.05, 0.1) is 11.7 Å².